The number of ketones is 1. The predicted molar refractivity (Wildman–Crippen MR) is 54.1 cm³/mol. The Morgan fingerprint density at radius 2 is 1.93 bits per heavy atom. The molecule has 0 saturated heterocycles. The van der Waals surface area contributed by atoms with E-state index in [1.165, 1.54) is 0 Å². The number of carbonyl (C=O) groups is 1. The molecule has 0 radical (unpaired) electrons. The van der Waals surface area contributed by atoms with Gasteiger partial charge >= 0.3 is 0 Å². The molecule has 0 aromatic heterocycles. The van der Waals surface area contributed by atoms with E-state index >= 15 is 0 Å². The Labute approximate surface area is 88.6 Å². The normalized spacial score (nSPS) is 10.2. The van der Waals surface area contributed by atoms with Crippen LogP contribution < -0.4 is 0 Å². The Morgan fingerprint density at radius 3 is 2.60 bits per heavy atom. The van der Waals surface area contributed by atoms with Crippen molar-refractivity contribution in [3.8, 4) is 0 Å². The van der Waals surface area contributed by atoms with Crippen LogP contribution in [0.5, 0.6) is 0 Å². The van der Waals surface area contributed by atoms with Crippen molar-refractivity contribution < 1.29 is 19.6 Å². The maximum absolute atomic E-state index is 11.5. The van der Waals surface area contributed by atoms with Crippen LogP contribution in [0.15, 0.2) is 30.3 Å². The number of benzene rings is 1. The molecule has 0 N–H and O–H groups in total. The van der Waals surface area contributed by atoms with E-state index in [0.717, 1.165) is 0 Å². The molecule has 0 amide bonds. The first-order valence-electron chi connectivity index (χ1n) is 4.84. The zero-order valence-electron chi connectivity index (χ0n) is 8.64. The van der Waals surface area contributed by atoms with Crippen LogP contribution in [0.25, 0.3) is 0 Å². The van der Waals surface area contributed by atoms with E-state index in [0.29, 0.717) is 12.2 Å². The highest BCUT2D eigenvalue weighted by Crippen LogP contribution is 2.02. The van der Waals surface area contributed by atoms with Gasteiger partial charge in [0, 0.05) is 12.0 Å². The first-order valence-corrected chi connectivity index (χ1v) is 4.84. The molecule has 0 atom stereocenters. The molecule has 0 aliphatic heterocycles. The Kier molecular flexibility index (Phi) is 5.62. The molecular weight excluding hydrogens is 196 g/mol. The van der Waals surface area contributed by atoms with E-state index in [9.17, 15) is 4.79 Å². The van der Waals surface area contributed by atoms with Crippen LogP contribution >= 0.6 is 0 Å². The standard InChI is InChI=1S/C11H14O4/c1-2-13-15-14-9-8-11(12)10-6-4-3-5-7-10/h3-7H,2,8-9H2,1H3. The lowest BCUT2D eigenvalue weighted by molar-refractivity contribution is -0.510. The van der Waals surface area contributed by atoms with Crippen LogP contribution in [-0.2, 0) is 14.8 Å². The van der Waals surface area contributed by atoms with Crippen molar-refractivity contribution in [3.05, 3.63) is 35.9 Å². The minimum Gasteiger partial charge on any atom is -0.294 e. The lowest BCUT2D eigenvalue weighted by Gasteiger charge is -2.01. The second kappa shape index (κ2) is 7.11. The molecule has 4 nitrogen and oxygen atoms in total. The van der Waals surface area contributed by atoms with Crippen LogP contribution in [0.1, 0.15) is 23.7 Å². The van der Waals surface area contributed by atoms with Crippen molar-refractivity contribution in [1.82, 2.24) is 0 Å². The smallest absolute Gasteiger partial charge is 0.165 e. The molecule has 0 aliphatic carbocycles. The average Bonchev–Trinajstić information content (AvgIpc) is 2.30. The molecule has 15 heavy (non-hydrogen) atoms. The molecule has 0 bridgehead atoms. The molecule has 0 spiro atoms. The molecule has 1 aromatic rings. The van der Waals surface area contributed by atoms with Gasteiger partial charge in [-0.15, -0.1) is 0 Å². The van der Waals surface area contributed by atoms with Gasteiger partial charge < -0.3 is 0 Å². The fourth-order valence-electron chi connectivity index (χ4n) is 1.02. The van der Waals surface area contributed by atoms with Gasteiger partial charge in [0.15, 0.2) is 5.78 Å². The lowest BCUT2D eigenvalue weighted by atomic mass is 10.1. The van der Waals surface area contributed by atoms with Crippen LogP contribution in [0.3, 0.4) is 0 Å². The van der Waals surface area contributed by atoms with Gasteiger partial charge in [-0.3, -0.25) is 4.79 Å². The van der Waals surface area contributed by atoms with Gasteiger partial charge in [-0.25, -0.2) is 9.78 Å². The summed E-state index contributed by atoms with van der Waals surface area (Å²) in [5.74, 6) is 0.0238. The van der Waals surface area contributed by atoms with Crippen molar-refractivity contribution in [1.29, 1.82) is 0 Å². The first-order chi connectivity index (χ1) is 7.34. The van der Waals surface area contributed by atoms with Gasteiger partial charge in [0.25, 0.3) is 0 Å². The molecule has 1 aromatic carbocycles. The highest BCUT2D eigenvalue weighted by atomic mass is 17.5. The first kappa shape index (κ1) is 11.8. The number of rotatable bonds is 7. The molecule has 0 unspecified atom stereocenters. The fraction of sp³-hybridized carbons (Fsp3) is 0.364. The summed E-state index contributed by atoms with van der Waals surface area (Å²) in [7, 11) is 0. The monoisotopic (exact) mass is 210 g/mol. The predicted octanol–water partition coefficient (Wildman–Crippen LogP) is 2.16. The van der Waals surface area contributed by atoms with Gasteiger partial charge in [0.1, 0.15) is 0 Å². The van der Waals surface area contributed by atoms with E-state index in [1.54, 1.807) is 19.1 Å². The topological polar surface area (TPSA) is 44.8 Å². The third-order valence-electron chi connectivity index (χ3n) is 1.72. The quantitative estimate of drug-likeness (QED) is 0.299. The second-order valence-electron chi connectivity index (χ2n) is 2.84. The highest BCUT2D eigenvalue weighted by Gasteiger charge is 2.04. The van der Waals surface area contributed by atoms with E-state index < -0.39 is 0 Å². The third kappa shape index (κ3) is 4.69. The maximum Gasteiger partial charge on any atom is 0.165 e. The van der Waals surface area contributed by atoms with Crippen LogP contribution in [0.4, 0.5) is 0 Å². The van der Waals surface area contributed by atoms with Crippen molar-refractivity contribution in [3.63, 3.8) is 0 Å². The molecule has 4 heteroatoms. The van der Waals surface area contributed by atoms with E-state index in [-0.39, 0.29) is 18.8 Å². The SMILES string of the molecule is CCOOOCCC(=O)c1ccccc1. The molecule has 82 valence electrons. The van der Waals surface area contributed by atoms with Gasteiger partial charge in [-0.2, -0.15) is 0 Å². The Bertz CT molecular complexity index is 284. The fourth-order valence-corrected chi connectivity index (χ4v) is 1.02. The molecule has 0 saturated carbocycles. The van der Waals surface area contributed by atoms with Crippen molar-refractivity contribution >= 4 is 5.78 Å². The highest BCUT2D eigenvalue weighted by molar-refractivity contribution is 5.96. The lowest BCUT2D eigenvalue weighted by Crippen LogP contribution is -2.05. The van der Waals surface area contributed by atoms with Gasteiger partial charge in [-0.05, 0) is 6.92 Å². The molecule has 0 fully saturated rings. The van der Waals surface area contributed by atoms with Gasteiger partial charge in [0.05, 0.1) is 13.2 Å². The summed E-state index contributed by atoms with van der Waals surface area (Å²) >= 11 is 0. The minimum atomic E-state index is 0.0238. The summed E-state index contributed by atoms with van der Waals surface area (Å²) in [6.45, 7) is 2.37. The zero-order valence-corrected chi connectivity index (χ0v) is 8.64. The summed E-state index contributed by atoms with van der Waals surface area (Å²) in [5, 5.41) is 4.32. The van der Waals surface area contributed by atoms with E-state index in [2.05, 4.69) is 14.8 Å². The summed E-state index contributed by atoms with van der Waals surface area (Å²) < 4.78 is 0. The van der Waals surface area contributed by atoms with Crippen molar-refractivity contribution in [2.75, 3.05) is 13.2 Å². The van der Waals surface area contributed by atoms with Crippen LogP contribution in [-0.4, -0.2) is 19.0 Å². The molecule has 0 aliphatic rings. The summed E-state index contributed by atoms with van der Waals surface area (Å²) in [5.41, 5.74) is 0.678. The number of hydrogen-bond acceptors (Lipinski definition) is 4. The van der Waals surface area contributed by atoms with E-state index in [4.69, 9.17) is 0 Å². The van der Waals surface area contributed by atoms with Crippen LogP contribution in [0.2, 0.25) is 0 Å². The number of hydrogen-bond donors (Lipinski definition) is 0. The molecule has 1 rings (SSSR count). The largest absolute Gasteiger partial charge is 0.294 e. The number of Topliss-reactive ketones (excluding diaryl/α,β-unsaturated/α-hetero) is 1. The zero-order chi connectivity index (χ0) is 10.9. The average molecular weight is 210 g/mol. The second-order valence-corrected chi connectivity index (χ2v) is 2.84. The maximum atomic E-state index is 11.5. The van der Waals surface area contributed by atoms with Crippen molar-refractivity contribution in [2.45, 2.75) is 13.3 Å². The third-order valence-corrected chi connectivity index (χ3v) is 1.72. The Hall–Kier alpha value is -1.23. The van der Waals surface area contributed by atoms with Gasteiger partial charge in [-0.1, -0.05) is 35.4 Å². The van der Waals surface area contributed by atoms with E-state index in [1.807, 2.05) is 18.2 Å². The number of carbonyl (C=O) groups excluding carboxylic acids is 1. The Morgan fingerprint density at radius 1 is 1.20 bits per heavy atom. The molecular formula is C11H14O4. The van der Waals surface area contributed by atoms with Crippen LogP contribution in [0, 0.1) is 0 Å². The summed E-state index contributed by atoms with van der Waals surface area (Å²) in [4.78, 5) is 20.6. The Balaban J connectivity index is 2.20. The molecule has 0 heterocycles. The minimum absolute atomic E-state index is 0.0238. The van der Waals surface area contributed by atoms with Crippen molar-refractivity contribution in [2.24, 2.45) is 0 Å². The summed E-state index contributed by atoms with van der Waals surface area (Å²) in [6, 6.07) is 9.05. The van der Waals surface area contributed by atoms with Gasteiger partial charge in [0.2, 0.25) is 0 Å². The summed E-state index contributed by atoms with van der Waals surface area (Å²) in [6.07, 6.45) is 0.275.